The molecule has 3 atom stereocenters. The van der Waals surface area contributed by atoms with Crippen molar-refractivity contribution in [1.29, 1.82) is 0 Å². The molecule has 11 nitrogen and oxygen atoms in total. The number of ether oxygens (including phenoxy) is 1. The number of rotatable bonds is 40. The predicted octanol–water partition coefficient (Wildman–Crippen LogP) is 10.7. The van der Waals surface area contributed by atoms with Crippen molar-refractivity contribution in [2.45, 2.75) is 206 Å². The number of phosphoric ester groups is 1. The molecule has 12 heteroatoms. The van der Waals surface area contributed by atoms with Crippen molar-refractivity contribution in [3.63, 3.8) is 0 Å². The largest absolute Gasteiger partial charge is 0.480 e. The zero-order valence-corrected chi connectivity index (χ0v) is 34.9. The van der Waals surface area contributed by atoms with Crippen LogP contribution in [0.3, 0.4) is 0 Å². The molecule has 54 heavy (non-hydrogen) atoms. The van der Waals surface area contributed by atoms with Crippen LogP contribution < -0.4 is 5.32 Å². The Bertz CT molecular complexity index is 1020. The molecule has 0 aromatic rings. The van der Waals surface area contributed by atoms with Gasteiger partial charge in [0, 0.05) is 12.8 Å². The minimum atomic E-state index is -4.74. The topological polar surface area (TPSA) is 169 Å². The molecule has 0 aliphatic carbocycles. The molecular formula is C42H78NO10P. The lowest BCUT2D eigenvalue weighted by Gasteiger charge is -2.18. The van der Waals surface area contributed by atoms with Crippen molar-refractivity contribution in [2.75, 3.05) is 19.8 Å². The Morgan fingerprint density at radius 3 is 1.54 bits per heavy atom. The summed E-state index contributed by atoms with van der Waals surface area (Å²) >= 11 is 0. The molecule has 0 aliphatic rings. The fourth-order valence-electron chi connectivity index (χ4n) is 5.87. The third kappa shape index (κ3) is 36.9. The number of aliphatic hydroxyl groups excluding tert-OH is 1. The summed E-state index contributed by atoms with van der Waals surface area (Å²) < 4.78 is 26.7. The zero-order chi connectivity index (χ0) is 40.0. The maximum Gasteiger partial charge on any atom is 0.472 e. The van der Waals surface area contributed by atoms with Crippen LogP contribution in [0, 0.1) is 0 Å². The monoisotopic (exact) mass is 788 g/mol. The van der Waals surface area contributed by atoms with E-state index in [0.29, 0.717) is 12.8 Å². The van der Waals surface area contributed by atoms with Gasteiger partial charge in [0.05, 0.1) is 13.2 Å². The van der Waals surface area contributed by atoms with Crippen molar-refractivity contribution in [3.8, 4) is 0 Å². The SMILES string of the molecule is CCCCC/C=C\C/C=C\CCCCCCCCCCCCCCCC(=O)NC(COP(=O)(O)OCC(O)COC(=O)CCCCCCCCC)C(=O)O. The van der Waals surface area contributed by atoms with E-state index in [2.05, 4.69) is 43.5 Å². The Labute approximate surface area is 328 Å². The van der Waals surface area contributed by atoms with Gasteiger partial charge in [-0.05, 0) is 44.9 Å². The fraction of sp³-hybridized carbons (Fsp3) is 0.833. The predicted molar refractivity (Wildman–Crippen MR) is 217 cm³/mol. The van der Waals surface area contributed by atoms with Crippen molar-refractivity contribution in [2.24, 2.45) is 0 Å². The van der Waals surface area contributed by atoms with E-state index in [1.807, 2.05) is 0 Å². The van der Waals surface area contributed by atoms with Crippen LogP contribution in [-0.4, -0.2) is 64.9 Å². The standard InChI is InChI=1S/C42H78NO10P/c1-3-5-7-9-11-12-13-14-15-16-17-18-19-20-21-22-23-24-25-26-28-29-31-33-40(45)43-39(42(47)48)37-53-54(49,50)52-36-38(44)35-51-41(46)34-32-30-27-10-8-6-4-2/h11-12,14-15,38-39,44H,3-10,13,16-37H2,1-2H3,(H,43,45)(H,47,48)(H,49,50)/b12-11-,15-14-. The van der Waals surface area contributed by atoms with E-state index in [-0.39, 0.29) is 12.8 Å². The van der Waals surface area contributed by atoms with Gasteiger partial charge in [-0.1, -0.05) is 160 Å². The lowest BCUT2D eigenvalue weighted by molar-refractivity contribution is -0.147. The molecule has 4 N–H and O–H groups in total. The molecule has 0 saturated heterocycles. The number of allylic oxidation sites excluding steroid dienone is 4. The Morgan fingerprint density at radius 1 is 0.593 bits per heavy atom. The average molecular weight is 788 g/mol. The third-order valence-electron chi connectivity index (χ3n) is 9.24. The number of hydrogen-bond donors (Lipinski definition) is 4. The van der Waals surface area contributed by atoms with E-state index in [0.717, 1.165) is 44.9 Å². The van der Waals surface area contributed by atoms with E-state index in [1.165, 1.54) is 109 Å². The van der Waals surface area contributed by atoms with Gasteiger partial charge in [0.1, 0.15) is 12.7 Å². The molecule has 0 heterocycles. The highest BCUT2D eigenvalue weighted by atomic mass is 31.2. The number of amides is 1. The van der Waals surface area contributed by atoms with E-state index in [9.17, 15) is 34.1 Å². The number of esters is 1. The van der Waals surface area contributed by atoms with Gasteiger partial charge in [0.15, 0.2) is 6.04 Å². The van der Waals surface area contributed by atoms with Crippen LogP contribution in [0.5, 0.6) is 0 Å². The smallest absolute Gasteiger partial charge is 0.472 e. The molecule has 0 saturated carbocycles. The highest BCUT2D eigenvalue weighted by molar-refractivity contribution is 7.47. The van der Waals surface area contributed by atoms with Crippen molar-refractivity contribution in [1.82, 2.24) is 5.32 Å². The average Bonchev–Trinajstić information content (AvgIpc) is 3.14. The summed E-state index contributed by atoms with van der Waals surface area (Å²) in [7, 11) is -4.74. The highest BCUT2D eigenvalue weighted by Crippen LogP contribution is 2.43. The fourth-order valence-corrected chi connectivity index (χ4v) is 6.65. The molecule has 0 aliphatic heterocycles. The molecule has 0 spiro atoms. The molecule has 0 aromatic heterocycles. The second-order valence-electron chi connectivity index (χ2n) is 14.5. The summed E-state index contributed by atoms with van der Waals surface area (Å²) in [6.45, 7) is 2.51. The number of hydrogen-bond acceptors (Lipinski definition) is 8. The Morgan fingerprint density at radius 2 is 1.02 bits per heavy atom. The van der Waals surface area contributed by atoms with Gasteiger partial charge < -0.3 is 25.2 Å². The number of aliphatic hydroxyl groups is 1. The van der Waals surface area contributed by atoms with Gasteiger partial charge in [-0.3, -0.25) is 18.6 Å². The first-order valence-electron chi connectivity index (χ1n) is 21.4. The first-order valence-corrected chi connectivity index (χ1v) is 22.9. The second-order valence-corrected chi connectivity index (χ2v) is 16.0. The summed E-state index contributed by atoms with van der Waals surface area (Å²) in [5.41, 5.74) is 0. The summed E-state index contributed by atoms with van der Waals surface area (Å²) in [6, 6.07) is -1.54. The van der Waals surface area contributed by atoms with Crippen LogP contribution in [0.15, 0.2) is 24.3 Å². The van der Waals surface area contributed by atoms with Crippen LogP contribution in [-0.2, 0) is 32.7 Å². The molecule has 0 fully saturated rings. The number of unbranched alkanes of at least 4 members (excludes halogenated alkanes) is 22. The quantitative estimate of drug-likeness (QED) is 0.0203. The van der Waals surface area contributed by atoms with Gasteiger partial charge >= 0.3 is 19.8 Å². The summed E-state index contributed by atoms with van der Waals surface area (Å²) in [6.07, 6.45) is 38.1. The van der Waals surface area contributed by atoms with Gasteiger partial charge in [0.2, 0.25) is 5.91 Å². The highest BCUT2D eigenvalue weighted by Gasteiger charge is 2.28. The molecule has 1 amide bonds. The van der Waals surface area contributed by atoms with Crippen LogP contribution in [0.1, 0.15) is 194 Å². The van der Waals surface area contributed by atoms with Crippen molar-refractivity contribution < 1.29 is 47.8 Å². The minimum Gasteiger partial charge on any atom is -0.480 e. The molecular weight excluding hydrogens is 709 g/mol. The number of carbonyl (C=O) groups excluding carboxylic acids is 2. The van der Waals surface area contributed by atoms with Crippen LogP contribution in [0.4, 0.5) is 0 Å². The van der Waals surface area contributed by atoms with E-state index >= 15 is 0 Å². The molecule has 0 radical (unpaired) electrons. The van der Waals surface area contributed by atoms with Gasteiger partial charge in [0.25, 0.3) is 0 Å². The minimum absolute atomic E-state index is 0.147. The van der Waals surface area contributed by atoms with Gasteiger partial charge in [-0.25, -0.2) is 9.36 Å². The van der Waals surface area contributed by atoms with Crippen LogP contribution in [0.2, 0.25) is 0 Å². The number of carboxylic acid groups (broad SMARTS) is 1. The third-order valence-corrected chi connectivity index (χ3v) is 10.2. The van der Waals surface area contributed by atoms with E-state index in [1.54, 1.807) is 0 Å². The van der Waals surface area contributed by atoms with Crippen molar-refractivity contribution >= 4 is 25.7 Å². The lowest BCUT2D eigenvalue weighted by atomic mass is 10.0. The Hall–Kier alpha value is -2.04. The number of carbonyl (C=O) groups is 3. The maximum atomic E-state index is 12.3. The molecule has 316 valence electrons. The van der Waals surface area contributed by atoms with Gasteiger partial charge in [-0.15, -0.1) is 0 Å². The Kier molecular flexibility index (Phi) is 36.4. The van der Waals surface area contributed by atoms with Gasteiger partial charge in [-0.2, -0.15) is 0 Å². The first kappa shape index (κ1) is 52.0. The lowest BCUT2D eigenvalue weighted by Crippen LogP contribution is -2.43. The summed E-state index contributed by atoms with van der Waals surface area (Å²) in [5.74, 6) is -2.37. The number of aliphatic carboxylic acids is 1. The molecule has 3 unspecified atom stereocenters. The van der Waals surface area contributed by atoms with Crippen LogP contribution >= 0.6 is 7.82 Å². The molecule has 0 bridgehead atoms. The second kappa shape index (κ2) is 37.9. The number of phosphoric acid groups is 1. The van der Waals surface area contributed by atoms with Crippen LogP contribution in [0.25, 0.3) is 0 Å². The Balaban J connectivity index is 3.83. The molecule has 0 aromatic carbocycles. The zero-order valence-electron chi connectivity index (χ0n) is 34.0. The normalized spacial score (nSPS) is 14.0. The first-order chi connectivity index (χ1) is 26.1. The number of carboxylic acids is 1. The van der Waals surface area contributed by atoms with E-state index in [4.69, 9.17) is 13.8 Å². The number of nitrogens with one attached hydrogen (secondary N) is 1. The summed E-state index contributed by atoms with van der Waals surface area (Å²) in [5, 5.41) is 21.7. The summed E-state index contributed by atoms with van der Waals surface area (Å²) in [4.78, 5) is 45.7. The van der Waals surface area contributed by atoms with E-state index < -0.39 is 57.6 Å². The maximum absolute atomic E-state index is 12.3. The molecule has 0 rings (SSSR count). The van der Waals surface area contributed by atoms with Crippen molar-refractivity contribution in [3.05, 3.63) is 24.3 Å².